The Morgan fingerprint density at radius 2 is 2.35 bits per heavy atom. The average Bonchev–Trinajstić information content (AvgIpc) is 2.92. The summed E-state index contributed by atoms with van der Waals surface area (Å²) in [4.78, 5) is 5.73. The van der Waals surface area contributed by atoms with E-state index in [2.05, 4.69) is 34.0 Å². The van der Waals surface area contributed by atoms with Crippen LogP contribution in [0.25, 0.3) is 10.7 Å². The predicted molar refractivity (Wildman–Crippen MR) is 67.9 cm³/mol. The molecule has 3 rings (SSSR count). The van der Waals surface area contributed by atoms with Gasteiger partial charge in [0.25, 0.3) is 0 Å². The van der Waals surface area contributed by atoms with Crippen LogP contribution in [-0.2, 0) is 13.0 Å². The molecule has 1 aliphatic heterocycles. The lowest BCUT2D eigenvalue weighted by Crippen LogP contribution is -2.11. The number of nitriles is 1. The van der Waals surface area contributed by atoms with Gasteiger partial charge in [0.2, 0.25) is 0 Å². The molecule has 2 aromatic heterocycles. The quantitative estimate of drug-likeness (QED) is 0.772. The summed E-state index contributed by atoms with van der Waals surface area (Å²) in [6.45, 7) is 3.10. The largest absolute Gasteiger partial charge is 0.326 e. The molecule has 0 saturated heterocycles. The molecule has 0 bridgehead atoms. The molecule has 0 atom stereocenters. The van der Waals surface area contributed by atoms with Crippen molar-refractivity contribution in [3.05, 3.63) is 28.4 Å². The summed E-state index contributed by atoms with van der Waals surface area (Å²) < 4.78 is 2.24. The van der Waals surface area contributed by atoms with Crippen LogP contribution in [0.4, 0.5) is 0 Å². The zero-order valence-corrected chi connectivity index (χ0v) is 10.5. The Kier molecular flexibility index (Phi) is 2.49. The van der Waals surface area contributed by atoms with Gasteiger partial charge in [-0.15, -0.1) is 11.3 Å². The number of aromatic nitrogens is 2. The molecule has 0 spiro atoms. The van der Waals surface area contributed by atoms with E-state index in [9.17, 15) is 0 Å². The van der Waals surface area contributed by atoms with Crippen molar-refractivity contribution in [3.8, 4) is 16.8 Å². The molecule has 3 heterocycles. The van der Waals surface area contributed by atoms with Crippen molar-refractivity contribution in [2.45, 2.75) is 32.7 Å². The molecule has 86 valence electrons. The summed E-state index contributed by atoms with van der Waals surface area (Å²) in [6.07, 6.45) is 3.34. The predicted octanol–water partition coefficient (Wildman–Crippen LogP) is 3.13. The van der Waals surface area contributed by atoms with E-state index in [1.54, 1.807) is 11.3 Å². The first-order valence-corrected chi connectivity index (χ1v) is 6.73. The molecular formula is C13H13N3S. The van der Waals surface area contributed by atoms with Crippen molar-refractivity contribution in [2.75, 3.05) is 0 Å². The molecule has 0 aromatic carbocycles. The lowest BCUT2D eigenvalue weighted by atomic mass is 10.1. The molecule has 0 aliphatic carbocycles. The second kappa shape index (κ2) is 4.01. The van der Waals surface area contributed by atoms with Crippen molar-refractivity contribution in [1.29, 1.82) is 5.26 Å². The second-order valence-corrected chi connectivity index (χ2v) is 5.30. The normalized spacial score (nSPS) is 14.4. The Bertz CT molecular complexity index is 601. The van der Waals surface area contributed by atoms with Gasteiger partial charge in [0, 0.05) is 6.54 Å². The summed E-state index contributed by atoms with van der Waals surface area (Å²) in [5, 5.41) is 11.2. The van der Waals surface area contributed by atoms with E-state index >= 15 is 0 Å². The van der Waals surface area contributed by atoms with E-state index in [1.165, 1.54) is 23.3 Å². The molecule has 0 unspecified atom stereocenters. The number of thiophene rings is 1. The Balaban J connectivity index is 2.22. The summed E-state index contributed by atoms with van der Waals surface area (Å²) in [5.74, 6) is 0.990. The van der Waals surface area contributed by atoms with Crippen molar-refractivity contribution in [3.63, 3.8) is 0 Å². The van der Waals surface area contributed by atoms with E-state index in [0.717, 1.165) is 24.5 Å². The van der Waals surface area contributed by atoms with Crippen molar-refractivity contribution < 1.29 is 0 Å². The van der Waals surface area contributed by atoms with Gasteiger partial charge in [0.05, 0.1) is 10.6 Å². The van der Waals surface area contributed by atoms with Gasteiger partial charge >= 0.3 is 0 Å². The minimum Gasteiger partial charge on any atom is -0.326 e. The Labute approximate surface area is 104 Å². The van der Waals surface area contributed by atoms with Crippen LogP contribution in [-0.4, -0.2) is 9.55 Å². The van der Waals surface area contributed by atoms with Crippen LogP contribution < -0.4 is 0 Å². The zero-order chi connectivity index (χ0) is 11.8. The molecule has 17 heavy (non-hydrogen) atoms. The summed E-state index contributed by atoms with van der Waals surface area (Å²) in [7, 11) is 0. The maximum absolute atomic E-state index is 9.15. The maximum Gasteiger partial charge on any atom is 0.162 e. The van der Waals surface area contributed by atoms with Crippen LogP contribution in [0.2, 0.25) is 0 Å². The highest BCUT2D eigenvalue weighted by molar-refractivity contribution is 7.13. The van der Waals surface area contributed by atoms with Crippen LogP contribution in [0.5, 0.6) is 0 Å². The lowest BCUT2D eigenvalue weighted by Gasteiger charge is -2.16. The van der Waals surface area contributed by atoms with E-state index in [4.69, 9.17) is 5.26 Å². The van der Waals surface area contributed by atoms with Crippen LogP contribution >= 0.6 is 11.3 Å². The molecule has 1 aliphatic rings. The molecule has 3 nitrogen and oxygen atoms in total. The number of fused-ring (bicyclic) bond motifs is 1. The number of hydrogen-bond acceptors (Lipinski definition) is 3. The van der Waals surface area contributed by atoms with Crippen LogP contribution in [0, 0.1) is 18.3 Å². The van der Waals surface area contributed by atoms with Gasteiger partial charge < -0.3 is 4.57 Å². The van der Waals surface area contributed by atoms with Gasteiger partial charge in [0.1, 0.15) is 6.07 Å². The molecule has 2 aromatic rings. The first-order chi connectivity index (χ1) is 8.31. The van der Waals surface area contributed by atoms with E-state index in [-0.39, 0.29) is 0 Å². The summed E-state index contributed by atoms with van der Waals surface area (Å²) in [5.41, 5.74) is 2.99. The van der Waals surface area contributed by atoms with Gasteiger partial charge in [-0.25, -0.2) is 4.98 Å². The highest BCUT2D eigenvalue weighted by Gasteiger charge is 2.21. The fourth-order valence-corrected chi connectivity index (χ4v) is 3.33. The third-order valence-electron chi connectivity index (χ3n) is 3.29. The maximum atomic E-state index is 9.15. The fraction of sp³-hybridized carbons (Fsp3) is 0.385. The molecule has 0 amide bonds. The van der Waals surface area contributed by atoms with Gasteiger partial charge in [-0.2, -0.15) is 5.26 Å². The van der Waals surface area contributed by atoms with Gasteiger partial charge in [0.15, 0.2) is 11.5 Å². The third kappa shape index (κ3) is 1.58. The minimum absolute atomic E-state index is 0.618. The zero-order valence-electron chi connectivity index (χ0n) is 9.73. The van der Waals surface area contributed by atoms with Gasteiger partial charge in [-0.05, 0) is 43.2 Å². The molecule has 0 radical (unpaired) electrons. The first-order valence-electron chi connectivity index (χ1n) is 5.85. The highest BCUT2D eigenvalue weighted by Crippen LogP contribution is 2.32. The third-order valence-corrected chi connectivity index (χ3v) is 4.30. The van der Waals surface area contributed by atoms with Gasteiger partial charge in [-0.1, -0.05) is 0 Å². The standard InChI is InChI=1S/C13H13N3S/c1-9-5-7-17-12(9)13-15-10(8-14)11-4-2-3-6-16(11)13/h5,7H,2-4,6H2,1H3. The number of aryl methyl sites for hydroxylation is 1. The lowest BCUT2D eigenvalue weighted by molar-refractivity contribution is 0.536. The van der Waals surface area contributed by atoms with E-state index < -0.39 is 0 Å². The summed E-state index contributed by atoms with van der Waals surface area (Å²) >= 11 is 1.71. The van der Waals surface area contributed by atoms with Crippen LogP contribution in [0.3, 0.4) is 0 Å². The van der Waals surface area contributed by atoms with E-state index in [0.29, 0.717) is 5.69 Å². The molecule has 4 heteroatoms. The Morgan fingerprint density at radius 1 is 1.47 bits per heavy atom. The van der Waals surface area contributed by atoms with Crippen molar-refractivity contribution in [1.82, 2.24) is 9.55 Å². The molecule has 0 N–H and O–H groups in total. The smallest absolute Gasteiger partial charge is 0.162 e. The Hall–Kier alpha value is -1.60. The number of imidazole rings is 1. The van der Waals surface area contributed by atoms with Crippen LogP contribution in [0.15, 0.2) is 11.4 Å². The molecular weight excluding hydrogens is 230 g/mol. The number of rotatable bonds is 1. The Morgan fingerprint density at radius 3 is 3.06 bits per heavy atom. The topological polar surface area (TPSA) is 41.6 Å². The first kappa shape index (κ1) is 10.5. The highest BCUT2D eigenvalue weighted by atomic mass is 32.1. The SMILES string of the molecule is Cc1ccsc1-c1nc(C#N)c2n1CCCC2. The monoisotopic (exact) mass is 243 g/mol. The molecule has 0 saturated carbocycles. The second-order valence-electron chi connectivity index (χ2n) is 4.38. The fourth-order valence-electron chi connectivity index (χ4n) is 2.41. The van der Waals surface area contributed by atoms with E-state index in [1.807, 2.05) is 0 Å². The number of hydrogen-bond donors (Lipinski definition) is 0. The average molecular weight is 243 g/mol. The van der Waals surface area contributed by atoms with Gasteiger partial charge in [-0.3, -0.25) is 0 Å². The summed E-state index contributed by atoms with van der Waals surface area (Å²) in [6, 6.07) is 4.34. The number of nitrogens with zero attached hydrogens (tertiary/aromatic N) is 3. The minimum atomic E-state index is 0.618. The van der Waals surface area contributed by atoms with Crippen molar-refractivity contribution in [2.24, 2.45) is 0 Å². The van der Waals surface area contributed by atoms with Crippen molar-refractivity contribution >= 4 is 11.3 Å². The van der Waals surface area contributed by atoms with Crippen LogP contribution in [0.1, 0.15) is 29.8 Å². The molecule has 0 fully saturated rings.